The van der Waals surface area contributed by atoms with Crippen LogP contribution in [-0.2, 0) is 23.7 Å². The zero-order chi connectivity index (χ0) is 18.8. The molecule has 0 bridgehead atoms. The Morgan fingerprint density at radius 3 is 2.56 bits per heavy atom. The summed E-state index contributed by atoms with van der Waals surface area (Å²) in [5.74, 6) is -2.16. The molecule has 140 valence electrons. The number of rotatable bonds is 4. The first-order valence-corrected chi connectivity index (χ1v) is 7.65. The summed E-state index contributed by atoms with van der Waals surface area (Å²) in [4.78, 5) is 27.3. The molecule has 0 spiro atoms. The third-order valence-corrected chi connectivity index (χ3v) is 3.80. The van der Waals surface area contributed by atoms with Crippen LogP contribution in [0.15, 0.2) is 17.0 Å². The highest BCUT2D eigenvalue weighted by atomic mass is 19.1. The lowest BCUT2D eigenvalue weighted by Gasteiger charge is -2.27. The van der Waals surface area contributed by atoms with E-state index < -0.39 is 30.0 Å². The van der Waals surface area contributed by atoms with Gasteiger partial charge in [0.1, 0.15) is 12.2 Å². The van der Waals surface area contributed by atoms with Crippen LogP contribution >= 0.6 is 0 Å². The Kier molecular flexibility index (Phi) is 5.76. The number of fused-ring (bicyclic) bond motifs is 1. The lowest BCUT2D eigenvalue weighted by atomic mass is 10.1. The van der Waals surface area contributed by atoms with Gasteiger partial charge in [-0.15, -0.1) is 0 Å². The average Bonchev–Trinajstić information content (AvgIpc) is 3.03. The van der Waals surface area contributed by atoms with E-state index in [4.69, 9.17) is 14.2 Å². The first-order chi connectivity index (χ1) is 11.7. The summed E-state index contributed by atoms with van der Waals surface area (Å²) in [5.41, 5.74) is 0. The van der Waals surface area contributed by atoms with Crippen molar-refractivity contribution in [2.45, 2.75) is 51.1 Å². The van der Waals surface area contributed by atoms with Crippen LogP contribution in [-0.4, -0.2) is 67.7 Å². The van der Waals surface area contributed by atoms with Crippen molar-refractivity contribution in [1.82, 2.24) is 10.2 Å². The molecule has 0 aromatic rings. The quantitative estimate of drug-likeness (QED) is 0.455. The summed E-state index contributed by atoms with van der Waals surface area (Å²) in [6.45, 7) is 5.28. The fourth-order valence-corrected chi connectivity index (χ4v) is 2.74. The van der Waals surface area contributed by atoms with Gasteiger partial charge < -0.3 is 18.9 Å². The van der Waals surface area contributed by atoms with Crippen LogP contribution in [0.1, 0.15) is 20.8 Å². The number of carbonyl (C=O) groups excluding carboxylic acids is 2. The molecule has 1 N–H and O–H groups in total. The van der Waals surface area contributed by atoms with E-state index in [0.717, 1.165) is 18.2 Å². The monoisotopic (exact) mass is 359 g/mol. The van der Waals surface area contributed by atoms with Gasteiger partial charge in [0.25, 0.3) is 0 Å². The van der Waals surface area contributed by atoms with E-state index in [-0.39, 0.29) is 18.0 Å². The van der Waals surface area contributed by atoms with Gasteiger partial charge in [-0.05, 0) is 20.8 Å². The second kappa shape index (κ2) is 7.46. The number of amidine groups is 1. The minimum atomic E-state index is -0.946. The number of amides is 2. The van der Waals surface area contributed by atoms with Gasteiger partial charge in [-0.25, -0.2) is 9.18 Å². The lowest BCUT2D eigenvalue weighted by molar-refractivity contribution is -0.199. The molecule has 2 amide bonds. The number of aliphatic imine (C=N–C) groups is 1. The number of nitrogens with zero attached hydrogens (tertiary/aromatic N) is 2. The Balaban J connectivity index is 2.19. The van der Waals surface area contributed by atoms with E-state index in [2.05, 4.69) is 15.0 Å². The Morgan fingerprint density at radius 1 is 1.36 bits per heavy atom. The number of hydrogen-bond donors (Lipinski definition) is 1. The van der Waals surface area contributed by atoms with Crippen LogP contribution in [0.2, 0.25) is 0 Å². The van der Waals surface area contributed by atoms with Gasteiger partial charge in [-0.1, -0.05) is 0 Å². The molecule has 0 radical (unpaired) electrons. The van der Waals surface area contributed by atoms with Crippen molar-refractivity contribution in [2.75, 3.05) is 14.2 Å². The zero-order valence-corrected chi connectivity index (χ0v) is 14.7. The molecule has 25 heavy (non-hydrogen) atoms. The highest BCUT2D eigenvalue weighted by Crippen LogP contribution is 2.39. The molecular formula is C15H22FN3O6. The molecule has 0 saturated carbocycles. The Labute approximate surface area is 144 Å². The molecule has 2 aliphatic heterocycles. The maximum atomic E-state index is 14.4. The third-order valence-electron chi connectivity index (χ3n) is 3.80. The van der Waals surface area contributed by atoms with Crippen molar-refractivity contribution in [3.05, 3.63) is 12.0 Å². The van der Waals surface area contributed by atoms with Gasteiger partial charge in [0.15, 0.2) is 23.7 Å². The predicted molar refractivity (Wildman–Crippen MR) is 84.2 cm³/mol. The predicted octanol–water partition coefficient (Wildman–Crippen LogP) is 0.905. The molecule has 10 heteroatoms. The van der Waals surface area contributed by atoms with Crippen LogP contribution in [0.4, 0.5) is 9.18 Å². The lowest BCUT2D eigenvalue weighted by Crippen LogP contribution is -2.41. The number of ether oxygens (including phenoxy) is 4. The SMILES string of the molecule is CN=C(NC(=O)OC)/C(F)=C\N(C=O)C1O[C@H](C)[C@H]2OC(C)(C)O[C@@H]12. The van der Waals surface area contributed by atoms with Crippen LogP contribution in [0.3, 0.4) is 0 Å². The summed E-state index contributed by atoms with van der Waals surface area (Å²) in [5, 5.41) is 2.11. The molecule has 2 heterocycles. The molecule has 2 fully saturated rings. The highest BCUT2D eigenvalue weighted by Gasteiger charge is 2.55. The average molecular weight is 359 g/mol. The highest BCUT2D eigenvalue weighted by molar-refractivity contribution is 6.04. The van der Waals surface area contributed by atoms with Crippen LogP contribution in [0.5, 0.6) is 0 Å². The number of methoxy groups -OCH3 is 1. The van der Waals surface area contributed by atoms with Crippen molar-refractivity contribution in [1.29, 1.82) is 0 Å². The van der Waals surface area contributed by atoms with Gasteiger partial charge in [0.05, 0.1) is 13.2 Å². The maximum Gasteiger partial charge on any atom is 0.412 e. The number of alkyl carbamates (subject to hydrolysis) is 1. The molecule has 0 aliphatic carbocycles. The number of nitrogens with one attached hydrogen (secondary N) is 1. The Bertz CT molecular complexity index is 594. The second-order valence-corrected chi connectivity index (χ2v) is 6.01. The summed E-state index contributed by atoms with van der Waals surface area (Å²) < 4.78 is 36.0. The van der Waals surface area contributed by atoms with Crippen molar-refractivity contribution in [3.8, 4) is 0 Å². The van der Waals surface area contributed by atoms with Crippen LogP contribution in [0.25, 0.3) is 0 Å². The molecule has 9 nitrogen and oxygen atoms in total. The van der Waals surface area contributed by atoms with Gasteiger partial charge in [-0.3, -0.25) is 20.0 Å². The standard InChI is InChI=1S/C15H22FN3O6/c1-8-10-11(25-15(2,3)24-10)13(23-8)19(7-20)6-9(16)12(17-4)18-14(21)22-5/h6-8,10-11,13H,1-5H3,(H,17,18,21)/b9-6+/t8-,10-,11-,13?/m1/s1. The fraction of sp³-hybridized carbons (Fsp3) is 0.667. The van der Waals surface area contributed by atoms with Crippen molar-refractivity contribution >= 4 is 18.3 Å². The minimum absolute atomic E-state index is 0.344. The maximum absolute atomic E-state index is 14.4. The molecule has 0 aromatic heterocycles. The summed E-state index contributed by atoms with van der Waals surface area (Å²) in [6, 6.07) is 0. The van der Waals surface area contributed by atoms with Crippen LogP contribution in [0, 0.1) is 0 Å². The second-order valence-electron chi connectivity index (χ2n) is 6.01. The van der Waals surface area contributed by atoms with Crippen LogP contribution < -0.4 is 5.32 Å². The third kappa shape index (κ3) is 4.14. The molecular weight excluding hydrogens is 337 g/mol. The van der Waals surface area contributed by atoms with E-state index in [9.17, 15) is 14.0 Å². The van der Waals surface area contributed by atoms with E-state index in [1.807, 2.05) is 0 Å². The van der Waals surface area contributed by atoms with E-state index in [0.29, 0.717) is 6.41 Å². The number of hydrogen-bond acceptors (Lipinski definition) is 7. The van der Waals surface area contributed by atoms with Gasteiger partial charge in [0, 0.05) is 13.2 Å². The minimum Gasteiger partial charge on any atom is -0.453 e. The number of halogens is 1. The molecule has 4 atom stereocenters. The van der Waals surface area contributed by atoms with Crippen molar-refractivity contribution in [3.63, 3.8) is 0 Å². The van der Waals surface area contributed by atoms with Gasteiger partial charge in [-0.2, -0.15) is 0 Å². The smallest absolute Gasteiger partial charge is 0.412 e. The molecule has 2 saturated heterocycles. The normalized spacial score (nSPS) is 31.4. The number of carbonyl (C=O) groups is 2. The van der Waals surface area contributed by atoms with Crippen molar-refractivity contribution < 1.29 is 32.9 Å². The van der Waals surface area contributed by atoms with E-state index >= 15 is 0 Å². The largest absolute Gasteiger partial charge is 0.453 e. The fourth-order valence-electron chi connectivity index (χ4n) is 2.74. The first kappa shape index (κ1) is 19.3. The molecule has 0 aromatic carbocycles. The molecule has 2 aliphatic rings. The Morgan fingerprint density at radius 2 is 2.00 bits per heavy atom. The topological polar surface area (TPSA) is 98.7 Å². The van der Waals surface area contributed by atoms with Gasteiger partial charge >= 0.3 is 6.09 Å². The van der Waals surface area contributed by atoms with E-state index in [1.165, 1.54) is 7.05 Å². The summed E-state index contributed by atoms with van der Waals surface area (Å²) >= 11 is 0. The molecule has 2 rings (SSSR count). The summed E-state index contributed by atoms with van der Waals surface area (Å²) in [7, 11) is 2.42. The summed E-state index contributed by atoms with van der Waals surface area (Å²) in [6.07, 6.45) is -1.79. The molecule has 1 unspecified atom stereocenters. The van der Waals surface area contributed by atoms with E-state index in [1.54, 1.807) is 20.8 Å². The van der Waals surface area contributed by atoms with Crippen molar-refractivity contribution in [2.24, 2.45) is 4.99 Å². The zero-order valence-electron chi connectivity index (χ0n) is 14.7. The Hall–Kier alpha value is -2.04. The van der Waals surface area contributed by atoms with Gasteiger partial charge in [0.2, 0.25) is 6.41 Å². The first-order valence-electron chi connectivity index (χ1n) is 7.65.